The molecule has 0 saturated carbocycles. The lowest BCUT2D eigenvalue weighted by atomic mass is 10.1. The van der Waals surface area contributed by atoms with Gasteiger partial charge >= 0.3 is 5.97 Å². The third kappa shape index (κ3) is 8.22. The van der Waals surface area contributed by atoms with Crippen molar-refractivity contribution < 1.29 is 28.5 Å². The van der Waals surface area contributed by atoms with Crippen LogP contribution in [0.1, 0.15) is 32.3 Å². The Bertz CT molecular complexity index is 1020. The normalized spacial score (nSPS) is 10.8. The van der Waals surface area contributed by atoms with E-state index in [4.69, 9.17) is 18.9 Å². The fourth-order valence-electron chi connectivity index (χ4n) is 2.77. The Morgan fingerprint density at radius 2 is 1.73 bits per heavy atom. The molecule has 0 aromatic heterocycles. The topological polar surface area (TPSA) is 107 Å². The number of carbonyl (C=O) groups is 2. The summed E-state index contributed by atoms with van der Waals surface area (Å²) in [6.07, 6.45) is 2.09. The number of ether oxygens (including phenoxy) is 4. The maximum absolute atomic E-state index is 12.2. The van der Waals surface area contributed by atoms with Gasteiger partial charge in [-0.2, -0.15) is 5.26 Å². The Balaban J connectivity index is 1.92. The van der Waals surface area contributed by atoms with Crippen LogP contribution in [0.4, 0.5) is 0 Å². The number of hydrogen-bond donors (Lipinski definition) is 1. The van der Waals surface area contributed by atoms with Gasteiger partial charge in [-0.25, -0.2) is 0 Å². The lowest BCUT2D eigenvalue weighted by Gasteiger charge is -2.11. The Kier molecular flexibility index (Phi) is 9.78. The van der Waals surface area contributed by atoms with Gasteiger partial charge in [0.1, 0.15) is 23.1 Å². The summed E-state index contributed by atoms with van der Waals surface area (Å²) in [4.78, 5) is 24.3. The minimum Gasteiger partial charge on any atom is -0.497 e. The summed E-state index contributed by atoms with van der Waals surface area (Å²) in [6, 6.07) is 13.8. The molecule has 0 aliphatic rings. The van der Waals surface area contributed by atoms with E-state index in [0.717, 1.165) is 5.75 Å². The predicted molar refractivity (Wildman–Crippen MR) is 123 cm³/mol. The van der Waals surface area contributed by atoms with Crippen molar-refractivity contribution in [3.05, 3.63) is 53.6 Å². The standard InChI is InChI=1S/C25H28N2O6/c1-17(2)27-25(29)19(16-26)14-18-7-12-22(23(15-18)31-4)33-24(28)6-5-13-32-21-10-8-20(30-3)9-11-21/h7-12,14-15,17H,5-6,13H2,1-4H3,(H,27,29). The van der Waals surface area contributed by atoms with E-state index >= 15 is 0 Å². The van der Waals surface area contributed by atoms with Crippen LogP contribution >= 0.6 is 0 Å². The number of hydrogen-bond acceptors (Lipinski definition) is 7. The van der Waals surface area contributed by atoms with Gasteiger partial charge in [0.05, 0.1) is 20.8 Å². The number of nitrogens with one attached hydrogen (secondary N) is 1. The molecule has 33 heavy (non-hydrogen) atoms. The molecule has 0 unspecified atom stereocenters. The van der Waals surface area contributed by atoms with Crippen LogP contribution < -0.4 is 24.3 Å². The maximum Gasteiger partial charge on any atom is 0.311 e. The Hall–Kier alpha value is -3.99. The van der Waals surface area contributed by atoms with Crippen molar-refractivity contribution in [1.29, 1.82) is 5.26 Å². The molecule has 0 aliphatic heterocycles. The van der Waals surface area contributed by atoms with Gasteiger partial charge in [-0.3, -0.25) is 9.59 Å². The molecule has 0 heterocycles. The van der Waals surface area contributed by atoms with Gasteiger partial charge in [0.15, 0.2) is 11.5 Å². The minimum atomic E-state index is -0.459. The predicted octanol–water partition coefficient (Wildman–Crippen LogP) is 3.90. The highest BCUT2D eigenvalue weighted by Crippen LogP contribution is 2.29. The molecule has 8 heteroatoms. The molecule has 8 nitrogen and oxygen atoms in total. The van der Waals surface area contributed by atoms with Gasteiger partial charge < -0.3 is 24.3 Å². The quantitative estimate of drug-likeness (QED) is 0.181. The van der Waals surface area contributed by atoms with Crippen molar-refractivity contribution in [3.63, 3.8) is 0 Å². The van der Waals surface area contributed by atoms with Crippen LogP contribution in [-0.2, 0) is 9.59 Å². The maximum atomic E-state index is 12.2. The number of esters is 1. The van der Waals surface area contributed by atoms with Gasteiger partial charge in [-0.15, -0.1) is 0 Å². The molecule has 0 saturated heterocycles. The SMILES string of the molecule is COc1ccc(OCCCC(=O)Oc2ccc(C=C(C#N)C(=O)NC(C)C)cc2OC)cc1. The Morgan fingerprint density at radius 1 is 1.03 bits per heavy atom. The number of methoxy groups -OCH3 is 2. The second-order valence-electron chi connectivity index (χ2n) is 7.31. The first-order valence-corrected chi connectivity index (χ1v) is 10.4. The first-order valence-electron chi connectivity index (χ1n) is 10.4. The van der Waals surface area contributed by atoms with E-state index in [1.54, 1.807) is 49.6 Å². The summed E-state index contributed by atoms with van der Waals surface area (Å²) < 4.78 is 21.4. The number of carbonyl (C=O) groups excluding carboxylic acids is 2. The molecular formula is C25H28N2O6. The van der Waals surface area contributed by atoms with E-state index in [9.17, 15) is 14.9 Å². The molecule has 0 radical (unpaired) electrons. The van der Waals surface area contributed by atoms with E-state index in [1.165, 1.54) is 13.2 Å². The monoisotopic (exact) mass is 452 g/mol. The van der Waals surface area contributed by atoms with Crippen molar-refractivity contribution in [2.45, 2.75) is 32.7 Å². The highest BCUT2D eigenvalue weighted by atomic mass is 16.6. The first kappa shape index (κ1) is 25.3. The second-order valence-corrected chi connectivity index (χ2v) is 7.31. The zero-order valence-corrected chi connectivity index (χ0v) is 19.2. The first-order chi connectivity index (χ1) is 15.9. The third-order valence-corrected chi connectivity index (χ3v) is 4.36. The highest BCUT2D eigenvalue weighted by Gasteiger charge is 2.13. The van der Waals surface area contributed by atoms with Gasteiger partial charge in [-0.1, -0.05) is 6.07 Å². The van der Waals surface area contributed by atoms with Crippen LogP contribution in [0.25, 0.3) is 6.08 Å². The van der Waals surface area contributed by atoms with E-state index in [2.05, 4.69) is 5.32 Å². The lowest BCUT2D eigenvalue weighted by molar-refractivity contribution is -0.134. The summed E-state index contributed by atoms with van der Waals surface area (Å²) in [7, 11) is 3.04. The smallest absolute Gasteiger partial charge is 0.311 e. The van der Waals surface area contributed by atoms with Crippen LogP contribution in [0.3, 0.4) is 0 Å². The Labute approximate surface area is 193 Å². The van der Waals surface area contributed by atoms with E-state index in [-0.39, 0.29) is 23.8 Å². The fraction of sp³-hybridized carbons (Fsp3) is 0.320. The third-order valence-electron chi connectivity index (χ3n) is 4.36. The molecule has 0 bridgehead atoms. The number of benzene rings is 2. The van der Waals surface area contributed by atoms with Crippen LogP contribution in [0.5, 0.6) is 23.0 Å². The van der Waals surface area contributed by atoms with Crippen molar-refractivity contribution in [1.82, 2.24) is 5.32 Å². The molecule has 2 aromatic carbocycles. The Morgan fingerprint density at radius 3 is 2.33 bits per heavy atom. The van der Waals surface area contributed by atoms with Crippen molar-refractivity contribution in [2.75, 3.05) is 20.8 Å². The van der Waals surface area contributed by atoms with Gasteiger partial charge in [0.25, 0.3) is 5.91 Å². The molecule has 0 aliphatic carbocycles. The second kappa shape index (κ2) is 12.8. The zero-order chi connectivity index (χ0) is 24.2. The van der Waals surface area contributed by atoms with Gasteiger partial charge in [0.2, 0.25) is 0 Å². The van der Waals surface area contributed by atoms with Crippen molar-refractivity contribution in [3.8, 4) is 29.1 Å². The molecule has 1 amide bonds. The molecule has 1 N–H and O–H groups in total. The van der Waals surface area contributed by atoms with Crippen molar-refractivity contribution >= 4 is 18.0 Å². The van der Waals surface area contributed by atoms with Crippen LogP contribution in [-0.4, -0.2) is 38.7 Å². The average Bonchev–Trinajstić information content (AvgIpc) is 2.80. The number of nitrogens with zero attached hydrogens (tertiary/aromatic N) is 1. The number of amides is 1. The average molecular weight is 453 g/mol. The molecule has 174 valence electrons. The van der Waals surface area contributed by atoms with Crippen LogP contribution in [0.15, 0.2) is 48.0 Å². The van der Waals surface area contributed by atoms with Crippen molar-refractivity contribution in [2.24, 2.45) is 0 Å². The number of rotatable bonds is 11. The summed E-state index contributed by atoms with van der Waals surface area (Å²) in [5.41, 5.74) is 0.530. The lowest BCUT2D eigenvalue weighted by Crippen LogP contribution is -2.30. The van der Waals surface area contributed by atoms with Gasteiger partial charge in [-0.05, 0) is 68.3 Å². The zero-order valence-electron chi connectivity index (χ0n) is 19.2. The summed E-state index contributed by atoms with van der Waals surface area (Å²) in [6.45, 7) is 3.98. The minimum absolute atomic E-state index is 0.0349. The van der Waals surface area contributed by atoms with Crippen LogP contribution in [0, 0.1) is 11.3 Å². The molecule has 0 fully saturated rings. The summed E-state index contributed by atoms with van der Waals surface area (Å²) in [5.74, 6) is 1.11. The van der Waals surface area contributed by atoms with Gasteiger partial charge in [0, 0.05) is 12.5 Å². The largest absolute Gasteiger partial charge is 0.497 e. The van der Waals surface area contributed by atoms with E-state index in [0.29, 0.717) is 30.1 Å². The molecule has 2 aromatic rings. The molecule has 0 spiro atoms. The number of nitriles is 1. The molecule has 2 rings (SSSR count). The summed E-state index contributed by atoms with van der Waals surface area (Å²) >= 11 is 0. The highest BCUT2D eigenvalue weighted by molar-refractivity contribution is 6.01. The van der Waals surface area contributed by atoms with E-state index in [1.807, 2.05) is 19.9 Å². The summed E-state index contributed by atoms with van der Waals surface area (Å²) in [5, 5.41) is 11.9. The van der Waals surface area contributed by atoms with E-state index < -0.39 is 11.9 Å². The molecular weight excluding hydrogens is 424 g/mol. The van der Waals surface area contributed by atoms with Crippen LogP contribution in [0.2, 0.25) is 0 Å². The molecule has 0 atom stereocenters. The fourth-order valence-corrected chi connectivity index (χ4v) is 2.77.